The first kappa shape index (κ1) is 17.0. The lowest BCUT2D eigenvalue weighted by molar-refractivity contribution is -0.241. The molecule has 5 rings (SSSR count). The van der Waals surface area contributed by atoms with Gasteiger partial charge in [0.15, 0.2) is 17.6 Å². The molecule has 2 aliphatic carbocycles. The smallest absolute Gasteiger partial charge is 0.226 e. The highest BCUT2D eigenvalue weighted by molar-refractivity contribution is 9.10. The Balaban J connectivity index is 1.86. The minimum atomic E-state index is -0.920. The summed E-state index contributed by atoms with van der Waals surface area (Å²) in [6, 6.07) is 4.56. The predicted octanol–water partition coefficient (Wildman–Crippen LogP) is 2.65. The van der Waals surface area contributed by atoms with Gasteiger partial charge in [-0.05, 0) is 44.1 Å². The first-order chi connectivity index (χ1) is 12.5. The summed E-state index contributed by atoms with van der Waals surface area (Å²) in [5.74, 6) is 0.709. The number of alkyl halides is 1. The van der Waals surface area contributed by atoms with Crippen molar-refractivity contribution in [2.24, 2.45) is 0 Å². The summed E-state index contributed by atoms with van der Waals surface area (Å²) >= 11 is 4.19. The van der Waals surface area contributed by atoms with Gasteiger partial charge in [0.1, 0.15) is 0 Å². The minimum absolute atomic E-state index is 0.233. The lowest BCUT2D eigenvalue weighted by Crippen LogP contribution is -2.75. The van der Waals surface area contributed by atoms with Crippen molar-refractivity contribution in [1.82, 2.24) is 4.90 Å². The molecule has 26 heavy (non-hydrogen) atoms. The van der Waals surface area contributed by atoms with Gasteiger partial charge in [0.25, 0.3) is 0 Å². The van der Waals surface area contributed by atoms with Gasteiger partial charge in [0.05, 0.1) is 16.8 Å². The summed E-state index contributed by atoms with van der Waals surface area (Å²) in [6.45, 7) is 1.01. The number of hydrogen-bond donors (Lipinski definition) is 0. The number of piperidine rings is 1. The zero-order valence-corrected chi connectivity index (χ0v) is 17.1. The van der Waals surface area contributed by atoms with Gasteiger partial charge in [-0.25, -0.2) is 0 Å². The van der Waals surface area contributed by atoms with Crippen molar-refractivity contribution in [2.45, 2.75) is 40.5 Å². The van der Waals surface area contributed by atoms with Crippen LogP contribution in [-0.2, 0) is 21.3 Å². The number of likely N-dealkylation sites (N-methyl/N-ethyl adjacent to an activating group) is 1. The monoisotopic (exact) mass is 421 g/mol. The molecule has 0 N–H and O–H groups in total. The largest absolute Gasteiger partial charge is 0.493 e. The van der Waals surface area contributed by atoms with Crippen molar-refractivity contribution in [2.75, 3.05) is 34.9 Å². The summed E-state index contributed by atoms with van der Waals surface area (Å²) < 4.78 is 23.9. The molecule has 6 heteroatoms. The number of nitrogens with zero attached hydrogens (tertiary/aromatic N) is 1. The molecule has 5 nitrogen and oxygen atoms in total. The Kier molecular flexibility index (Phi) is 3.44. The van der Waals surface area contributed by atoms with Gasteiger partial charge < -0.3 is 23.8 Å². The zero-order chi connectivity index (χ0) is 18.3. The van der Waals surface area contributed by atoms with Crippen molar-refractivity contribution in [3.05, 3.63) is 35.4 Å². The second-order valence-corrected chi connectivity index (χ2v) is 9.09. The van der Waals surface area contributed by atoms with Crippen molar-refractivity contribution in [3.63, 3.8) is 0 Å². The molecule has 1 saturated heterocycles. The van der Waals surface area contributed by atoms with Crippen LogP contribution in [0.5, 0.6) is 11.5 Å². The molecule has 0 amide bonds. The van der Waals surface area contributed by atoms with E-state index < -0.39 is 5.79 Å². The number of halogens is 1. The van der Waals surface area contributed by atoms with Crippen LogP contribution < -0.4 is 9.47 Å². The molecule has 4 atom stereocenters. The van der Waals surface area contributed by atoms with Gasteiger partial charge in [-0.15, -0.1) is 0 Å². The van der Waals surface area contributed by atoms with Gasteiger partial charge >= 0.3 is 0 Å². The lowest BCUT2D eigenvalue weighted by Gasteiger charge is -2.63. The predicted molar refractivity (Wildman–Crippen MR) is 101 cm³/mol. The zero-order valence-electron chi connectivity index (χ0n) is 15.5. The fourth-order valence-corrected chi connectivity index (χ4v) is 7.06. The summed E-state index contributed by atoms with van der Waals surface area (Å²) in [5.41, 5.74) is 2.35. The first-order valence-electron chi connectivity index (χ1n) is 9.04. The Morgan fingerprint density at radius 3 is 2.65 bits per heavy atom. The molecule has 1 fully saturated rings. The van der Waals surface area contributed by atoms with E-state index in [-0.39, 0.29) is 15.8 Å². The number of hydrogen-bond acceptors (Lipinski definition) is 5. The van der Waals surface area contributed by atoms with E-state index in [1.165, 1.54) is 11.1 Å². The van der Waals surface area contributed by atoms with Crippen LogP contribution in [-0.4, -0.2) is 62.1 Å². The Morgan fingerprint density at radius 2 is 1.96 bits per heavy atom. The average molecular weight is 422 g/mol. The topological polar surface area (TPSA) is 40.2 Å². The Bertz CT molecular complexity index is 807. The quantitative estimate of drug-likeness (QED) is 0.426. The number of rotatable bonds is 3. The molecular weight excluding hydrogens is 398 g/mol. The molecule has 1 aromatic rings. The molecular formula is C20H24BrNO4. The van der Waals surface area contributed by atoms with Crippen molar-refractivity contribution >= 4 is 15.9 Å². The molecule has 4 unspecified atom stereocenters. The molecule has 1 spiro atoms. The molecule has 2 heterocycles. The fraction of sp³-hybridized carbons (Fsp3) is 0.600. The van der Waals surface area contributed by atoms with E-state index in [1.807, 2.05) is 12.1 Å². The van der Waals surface area contributed by atoms with Crippen LogP contribution in [0.15, 0.2) is 24.3 Å². The number of likely N-dealkylation sites (tertiary alicyclic amines) is 1. The maximum absolute atomic E-state index is 6.62. The highest BCUT2D eigenvalue weighted by atomic mass is 79.9. The molecule has 2 aliphatic heterocycles. The van der Waals surface area contributed by atoms with Gasteiger partial charge in [-0.3, -0.25) is 0 Å². The number of methoxy groups -OCH3 is 3. The first-order valence-corrected chi connectivity index (χ1v) is 9.83. The van der Waals surface area contributed by atoms with E-state index in [4.69, 9.17) is 18.9 Å². The highest BCUT2D eigenvalue weighted by Gasteiger charge is 2.74. The minimum Gasteiger partial charge on any atom is -0.493 e. The second-order valence-electron chi connectivity index (χ2n) is 7.78. The van der Waals surface area contributed by atoms with E-state index in [2.05, 4.69) is 40.0 Å². The second kappa shape index (κ2) is 5.25. The van der Waals surface area contributed by atoms with Crippen LogP contribution in [0.1, 0.15) is 17.5 Å². The van der Waals surface area contributed by atoms with Crippen molar-refractivity contribution < 1.29 is 18.9 Å². The third-order valence-corrected chi connectivity index (χ3v) is 8.59. The lowest BCUT2D eigenvalue weighted by atomic mass is 9.52. The maximum atomic E-state index is 6.62. The molecule has 140 valence electrons. The number of ether oxygens (including phenoxy) is 4. The van der Waals surface area contributed by atoms with Crippen LogP contribution in [0.4, 0.5) is 0 Å². The van der Waals surface area contributed by atoms with Gasteiger partial charge in [0.2, 0.25) is 5.79 Å². The van der Waals surface area contributed by atoms with E-state index in [1.54, 1.807) is 21.3 Å². The van der Waals surface area contributed by atoms with E-state index >= 15 is 0 Å². The van der Waals surface area contributed by atoms with Crippen LogP contribution in [0.25, 0.3) is 0 Å². The van der Waals surface area contributed by atoms with Crippen LogP contribution in [0, 0.1) is 0 Å². The van der Waals surface area contributed by atoms with Gasteiger partial charge in [-0.2, -0.15) is 0 Å². The van der Waals surface area contributed by atoms with E-state index in [0.29, 0.717) is 6.04 Å². The normalized spacial score (nSPS) is 38.7. The van der Waals surface area contributed by atoms with E-state index in [0.717, 1.165) is 30.9 Å². The third-order valence-electron chi connectivity index (χ3n) is 7.09. The average Bonchev–Trinajstić information content (AvgIpc) is 3.01. The van der Waals surface area contributed by atoms with Gasteiger partial charge in [-0.1, -0.05) is 28.1 Å². The maximum Gasteiger partial charge on any atom is 0.226 e. The van der Waals surface area contributed by atoms with Crippen LogP contribution in [0.2, 0.25) is 0 Å². The third kappa shape index (κ3) is 1.64. The molecule has 2 bridgehead atoms. The molecule has 0 radical (unpaired) electrons. The molecule has 4 aliphatic rings. The number of benzene rings is 1. The summed E-state index contributed by atoms with van der Waals surface area (Å²) in [6.07, 6.45) is 5.93. The Labute approximate surface area is 162 Å². The van der Waals surface area contributed by atoms with Crippen molar-refractivity contribution in [1.29, 1.82) is 0 Å². The van der Waals surface area contributed by atoms with Crippen molar-refractivity contribution in [3.8, 4) is 11.5 Å². The molecule has 0 saturated carbocycles. The summed E-state index contributed by atoms with van der Waals surface area (Å²) in [5, 5.41) is 0. The van der Waals surface area contributed by atoms with E-state index in [9.17, 15) is 0 Å². The van der Waals surface area contributed by atoms with Gasteiger partial charge in [0, 0.05) is 25.8 Å². The summed E-state index contributed by atoms with van der Waals surface area (Å²) in [4.78, 5) is 2.46. The molecule has 1 aromatic carbocycles. The van der Waals surface area contributed by atoms with Crippen LogP contribution >= 0.6 is 15.9 Å². The highest BCUT2D eigenvalue weighted by Crippen LogP contribution is 2.68. The fourth-order valence-electron chi connectivity index (χ4n) is 5.81. The summed E-state index contributed by atoms with van der Waals surface area (Å²) in [7, 11) is 7.28. The Morgan fingerprint density at radius 1 is 1.19 bits per heavy atom. The Hall–Kier alpha value is -1.08. The van der Waals surface area contributed by atoms with Crippen LogP contribution in [0.3, 0.4) is 0 Å². The standard InChI is InChI=1S/C20H24BrNO4/c1-22-10-9-18-15-12-5-6-13(23-2)16(15)26-17(18)20(24-3,25-4)8-7-19(18,21)14(22)11-12/h5-8,14,17H,9-11H2,1-4H3. The molecule has 0 aromatic heterocycles. The SMILES string of the molecule is COc1ccc2c3c1OC1C(OC)(OC)C=CC4(Br)C(C2)N(C)CCC314.